The van der Waals surface area contributed by atoms with E-state index < -0.39 is 5.97 Å². The Hall–Kier alpha value is -1.62. The highest BCUT2D eigenvalue weighted by molar-refractivity contribution is 6.30. The maximum absolute atomic E-state index is 11.7. The first-order valence-electron chi connectivity index (χ1n) is 5.21. The molecular weight excluding hydrogens is 244 g/mol. The Balaban J connectivity index is 1.87. The van der Waals surface area contributed by atoms with Gasteiger partial charge in [0.1, 0.15) is 5.69 Å². The molecule has 0 atom stereocenters. The second-order valence-corrected chi connectivity index (χ2v) is 4.48. The number of hydrogen-bond donors (Lipinski definition) is 2. The molecule has 1 aliphatic rings. The molecule has 2 rings (SSSR count). The van der Waals surface area contributed by atoms with Crippen LogP contribution in [0.2, 0.25) is 5.02 Å². The first-order valence-corrected chi connectivity index (χ1v) is 5.59. The molecule has 1 fully saturated rings. The van der Waals surface area contributed by atoms with E-state index in [1.807, 2.05) is 0 Å². The summed E-state index contributed by atoms with van der Waals surface area (Å²) >= 11 is 5.66. The van der Waals surface area contributed by atoms with Gasteiger partial charge in [0.2, 0.25) is 0 Å². The van der Waals surface area contributed by atoms with Crippen LogP contribution in [0.25, 0.3) is 0 Å². The molecule has 2 N–H and O–H groups in total. The first kappa shape index (κ1) is 11.9. The smallest absolute Gasteiger partial charge is 0.306 e. The van der Waals surface area contributed by atoms with E-state index in [1.165, 1.54) is 12.3 Å². The average Bonchev–Trinajstić information content (AvgIpc) is 2.23. The molecule has 0 bridgehead atoms. The molecule has 0 saturated heterocycles. The number of aromatic nitrogens is 1. The van der Waals surface area contributed by atoms with Crippen molar-refractivity contribution < 1.29 is 14.7 Å². The lowest BCUT2D eigenvalue weighted by Gasteiger charge is -2.32. The number of nitrogens with zero attached hydrogens (tertiary/aromatic N) is 1. The van der Waals surface area contributed by atoms with Crippen LogP contribution >= 0.6 is 11.6 Å². The minimum atomic E-state index is -0.805. The molecule has 0 unspecified atom stereocenters. The lowest BCUT2D eigenvalue weighted by molar-refractivity contribution is -0.145. The molecule has 0 spiro atoms. The van der Waals surface area contributed by atoms with Crippen LogP contribution in [-0.2, 0) is 4.79 Å². The molecule has 0 aromatic carbocycles. The summed E-state index contributed by atoms with van der Waals surface area (Å²) in [5, 5.41) is 11.9. The Kier molecular flexibility index (Phi) is 3.28. The average molecular weight is 255 g/mol. The predicted molar refractivity (Wildman–Crippen MR) is 60.9 cm³/mol. The summed E-state index contributed by atoms with van der Waals surface area (Å²) < 4.78 is 0. The summed E-state index contributed by atoms with van der Waals surface area (Å²) in [7, 11) is 0. The highest BCUT2D eigenvalue weighted by Crippen LogP contribution is 2.27. The number of hydrogen-bond acceptors (Lipinski definition) is 3. The van der Waals surface area contributed by atoms with Gasteiger partial charge in [0, 0.05) is 12.2 Å². The predicted octanol–water partition coefficient (Wildman–Crippen LogP) is 1.33. The van der Waals surface area contributed by atoms with Gasteiger partial charge in [0.15, 0.2) is 0 Å². The van der Waals surface area contributed by atoms with Crippen LogP contribution in [0.5, 0.6) is 0 Å². The Morgan fingerprint density at radius 1 is 1.41 bits per heavy atom. The number of pyridine rings is 1. The second-order valence-electron chi connectivity index (χ2n) is 4.04. The molecule has 1 aromatic rings. The van der Waals surface area contributed by atoms with Crippen molar-refractivity contribution >= 4 is 23.5 Å². The fourth-order valence-corrected chi connectivity index (χ4v) is 1.82. The van der Waals surface area contributed by atoms with Crippen LogP contribution in [-0.4, -0.2) is 28.0 Å². The minimum absolute atomic E-state index is 0.0684. The van der Waals surface area contributed by atoms with Gasteiger partial charge in [-0.2, -0.15) is 0 Å². The van der Waals surface area contributed by atoms with Gasteiger partial charge in [-0.1, -0.05) is 11.6 Å². The summed E-state index contributed by atoms with van der Waals surface area (Å²) in [4.78, 5) is 26.1. The van der Waals surface area contributed by atoms with Gasteiger partial charge in [-0.3, -0.25) is 9.59 Å². The molecule has 0 radical (unpaired) electrons. The molecule has 17 heavy (non-hydrogen) atoms. The molecule has 5 nitrogen and oxygen atoms in total. The number of carbonyl (C=O) groups is 2. The Bertz CT molecular complexity index is 441. The number of rotatable bonds is 3. The standard InChI is InChI=1S/C11H11ClN2O3/c12-7-1-2-9(13-5-7)10(15)14-8-3-6(4-8)11(16)17/h1-2,5-6,8H,3-4H2,(H,14,15)(H,16,17). The third-order valence-corrected chi connectivity index (χ3v) is 3.01. The van der Waals surface area contributed by atoms with Crippen LogP contribution in [0.1, 0.15) is 23.3 Å². The van der Waals surface area contributed by atoms with Gasteiger partial charge in [-0.15, -0.1) is 0 Å². The maximum Gasteiger partial charge on any atom is 0.306 e. The lowest BCUT2D eigenvalue weighted by atomic mass is 9.80. The van der Waals surface area contributed by atoms with E-state index in [0.29, 0.717) is 17.9 Å². The van der Waals surface area contributed by atoms with E-state index in [9.17, 15) is 9.59 Å². The Labute approximate surface area is 103 Å². The third kappa shape index (κ3) is 2.74. The highest BCUT2D eigenvalue weighted by atomic mass is 35.5. The SMILES string of the molecule is O=C(NC1CC(C(=O)O)C1)c1ccc(Cl)cn1. The fraction of sp³-hybridized carbons (Fsp3) is 0.364. The van der Waals surface area contributed by atoms with Gasteiger partial charge in [0.25, 0.3) is 5.91 Å². The second kappa shape index (κ2) is 4.71. The first-order chi connectivity index (χ1) is 8.06. The van der Waals surface area contributed by atoms with Gasteiger partial charge in [0.05, 0.1) is 10.9 Å². The topological polar surface area (TPSA) is 79.3 Å². The molecule has 1 saturated carbocycles. The minimum Gasteiger partial charge on any atom is -0.481 e. The fourth-order valence-electron chi connectivity index (χ4n) is 1.71. The molecule has 1 aromatic heterocycles. The van der Waals surface area contributed by atoms with Crippen molar-refractivity contribution in [2.24, 2.45) is 5.92 Å². The number of carboxylic acids is 1. The number of aliphatic carboxylic acids is 1. The van der Waals surface area contributed by atoms with Gasteiger partial charge in [-0.05, 0) is 25.0 Å². The monoisotopic (exact) mass is 254 g/mol. The number of carboxylic acid groups (broad SMARTS) is 1. The zero-order valence-electron chi connectivity index (χ0n) is 8.89. The number of amides is 1. The Morgan fingerprint density at radius 2 is 2.12 bits per heavy atom. The summed E-state index contributed by atoms with van der Waals surface area (Å²) in [5.41, 5.74) is 0.285. The lowest BCUT2D eigenvalue weighted by Crippen LogP contribution is -2.46. The summed E-state index contributed by atoms with van der Waals surface area (Å²) in [6.45, 7) is 0. The van der Waals surface area contributed by atoms with Gasteiger partial charge >= 0.3 is 5.97 Å². The normalized spacial score (nSPS) is 22.6. The van der Waals surface area contributed by atoms with Crippen LogP contribution in [0.15, 0.2) is 18.3 Å². The van der Waals surface area contributed by atoms with E-state index in [4.69, 9.17) is 16.7 Å². The van der Waals surface area contributed by atoms with Crippen molar-refractivity contribution in [2.75, 3.05) is 0 Å². The van der Waals surface area contributed by atoms with Gasteiger partial charge < -0.3 is 10.4 Å². The highest BCUT2D eigenvalue weighted by Gasteiger charge is 2.35. The van der Waals surface area contributed by atoms with Crippen molar-refractivity contribution in [3.8, 4) is 0 Å². The summed E-state index contributed by atoms with van der Waals surface area (Å²) in [6, 6.07) is 3.05. The van der Waals surface area contributed by atoms with E-state index in [1.54, 1.807) is 6.07 Å². The molecule has 6 heteroatoms. The molecule has 1 heterocycles. The molecule has 1 aliphatic carbocycles. The van der Waals surface area contributed by atoms with Crippen LogP contribution in [0.3, 0.4) is 0 Å². The number of nitrogens with one attached hydrogen (secondary N) is 1. The zero-order chi connectivity index (χ0) is 12.4. The number of halogens is 1. The van der Waals surface area contributed by atoms with E-state index in [0.717, 1.165) is 0 Å². The van der Waals surface area contributed by atoms with Gasteiger partial charge in [-0.25, -0.2) is 4.98 Å². The van der Waals surface area contributed by atoms with Crippen molar-refractivity contribution in [1.82, 2.24) is 10.3 Å². The van der Waals surface area contributed by atoms with E-state index in [-0.39, 0.29) is 23.6 Å². The van der Waals surface area contributed by atoms with Crippen LogP contribution in [0, 0.1) is 5.92 Å². The quantitative estimate of drug-likeness (QED) is 0.853. The largest absolute Gasteiger partial charge is 0.481 e. The van der Waals surface area contributed by atoms with E-state index >= 15 is 0 Å². The van der Waals surface area contributed by atoms with Crippen molar-refractivity contribution in [2.45, 2.75) is 18.9 Å². The third-order valence-electron chi connectivity index (χ3n) is 2.78. The molecule has 1 amide bonds. The number of carbonyl (C=O) groups excluding carboxylic acids is 1. The Morgan fingerprint density at radius 3 is 2.65 bits per heavy atom. The van der Waals surface area contributed by atoms with Crippen LogP contribution in [0.4, 0.5) is 0 Å². The van der Waals surface area contributed by atoms with Crippen LogP contribution < -0.4 is 5.32 Å². The molecule has 0 aliphatic heterocycles. The van der Waals surface area contributed by atoms with Crippen molar-refractivity contribution in [1.29, 1.82) is 0 Å². The van der Waals surface area contributed by atoms with Crippen molar-refractivity contribution in [3.05, 3.63) is 29.0 Å². The summed E-state index contributed by atoms with van der Waals surface area (Å²) in [6.07, 6.45) is 2.36. The maximum atomic E-state index is 11.7. The molecule has 90 valence electrons. The molecular formula is C11H11ClN2O3. The van der Waals surface area contributed by atoms with Crippen molar-refractivity contribution in [3.63, 3.8) is 0 Å². The zero-order valence-corrected chi connectivity index (χ0v) is 9.65. The summed E-state index contributed by atoms with van der Waals surface area (Å²) in [5.74, 6) is -1.44. The van der Waals surface area contributed by atoms with E-state index in [2.05, 4.69) is 10.3 Å².